The summed E-state index contributed by atoms with van der Waals surface area (Å²) in [6.45, 7) is 1.86. The van der Waals surface area contributed by atoms with Crippen LogP contribution >= 0.6 is 0 Å². The van der Waals surface area contributed by atoms with Gasteiger partial charge in [0.25, 0.3) is 0 Å². The number of aromatic nitrogens is 3. The minimum absolute atomic E-state index is 0.0631. The lowest BCUT2D eigenvalue weighted by Crippen LogP contribution is -1.87. The van der Waals surface area contributed by atoms with E-state index in [1.54, 1.807) is 0 Å². The maximum absolute atomic E-state index is 13.7. The molecule has 0 unspecified atom stereocenters. The molecule has 0 amide bonds. The fourth-order valence-electron chi connectivity index (χ4n) is 1.85. The van der Waals surface area contributed by atoms with E-state index in [0.717, 1.165) is 5.69 Å². The summed E-state index contributed by atoms with van der Waals surface area (Å²) in [5.41, 5.74) is 2.11. The highest BCUT2D eigenvalue weighted by atomic mass is 19.1. The van der Waals surface area contributed by atoms with Crippen molar-refractivity contribution in [1.82, 2.24) is 15.0 Å². The second-order valence-corrected chi connectivity index (χ2v) is 4.04. The average molecular weight is 243 g/mol. The summed E-state index contributed by atoms with van der Waals surface area (Å²) < 4.78 is 13.7. The number of aromatic hydroxyl groups is 1. The number of pyridine rings is 1. The van der Waals surface area contributed by atoms with Gasteiger partial charge in [-0.05, 0) is 31.2 Å². The highest BCUT2D eigenvalue weighted by Crippen LogP contribution is 2.30. The first-order valence-electron chi connectivity index (χ1n) is 5.46. The number of hydrogen-bond acceptors (Lipinski definition) is 3. The molecule has 0 saturated heterocycles. The van der Waals surface area contributed by atoms with Gasteiger partial charge < -0.3 is 10.1 Å². The van der Waals surface area contributed by atoms with Crippen molar-refractivity contribution in [2.75, 3.05) is 0 Å². The van der Waals surface area contributed by atoms with E-state index < -0.39 is 5.82 Å². The highest BCUT2D eigenvalue weighted by molar-refractivity contribution is 5.77. The van der Waals surface area contributed by atoms with E-state index >= 15 is 0 Å². The van der Waals surface area contributed by atoms with Crippen molar-refractivity contribution >= 4 is 11.2 Å². The molecule has 0 aliphatic carbocycles. The first kappa shape index (κ1) is 10.7. The largest absolute Gasteiger partial charge is 0.507 e. The molecule has 2 aromatic heterocycles. The maximum atomic E-state index is 13.7. The second kappa shape index (κ2) is 3.80. The van der Waals surface area contributed by atoms with Gasteiger partial charge in [0.15, 0.2) is 5.65 Å². The minimum Gasteiger partial charge on any atom is -0.507 e. The van der Waals surface area contributed by atoms with Crippen LogP contribution in [0.15, 0.2) is 30.3 Å². The zero-order chi connectivity index (χ0) is 12.7. The average Bonchev–Trinajstić information content (AvgIpc) is 2.71. The lowest BCUT2D eigenvalue weighted by atomic mass is 10.2. The Morgan fingerprint density at radius 2 is 2.00 bits per heavy atom. The number of hydrogen-bond donors (Lipinski definition) is 2. The third-order valence-corrected chi connectivity index (χ3v) is 2.71. The number of nitrogens with zero attached hydrogens (tertiary/aromatic N) is 2. The van der Waals surface area contributed by atoms with Crippen LogP contribution in [-0.2, 0) is 0 Å². The summed E-state index contributed by atoms with van der Waals surface area (Å²) in [4.78, 5) is 11.4. The van der Waals surface area contributed by atoms with E-state index in [0.29, 0.717) is 11.2 Å². The van der Waals surface area contributed by atoms with E-state index in [2.05, 4.69) is 15.0 Å². The molecule has 3 rings (SSSR count). The van der Waals surface area contributed by atoms with Crippen molar-refractivity contribution in [2.24, 2.45) is 0 Å². The Labute approximate surface area is 102 Å². The summed E-state index contributed by atoms with van der Waals surface area (Å²) in [5, 5.41) is 9.70. The Morgan fingerprint density at radius 1 is 1.17 bits per heavy atom. The molecular formula is C13H10FN3O. The first-order chi connectivity index (χ1) is 8.65. The molecule has 5 heteroatoms. The van der Waals surface area contributed by atoms with Crippen LogP contribution in [0.2, 0.25) is 0 Å². The zero-order valence-corrected chi connectivity index (χ0v) is 9.61. The Hall–Kier alpha value is -2.43. The number of aromatic amines is 1. The Bertz CT molecular complexity index is 716. The number of phenols is 1. The summed E-state index contributed by atoms with van der Waals surface area (Å²) in [7, 11) is 0. The second-order valence-electron chi connectivity index (χ2n) is 4.04. The van der Waals surface area contributed by atoms with Crippen molar-refractivity contribution < 1.29 is 9.50 Å². The van der Waals surface area contributed by atoms with Gasteiger partial charge in [0.1, 0.15) is 17.4 Å². The summed E-state index contributed by atoms with van der Waals surface area (Å²) in [6.07, 6.45) is 0. The predicted octanol–water partition coefficient (Wildman–Crippen LogP) is 2.78. The first-order valence-corrected chi connectivity index (χ1v) is 5.46. The van der Waals surface area contributed by atoms with E-state index in [1.165, 1.54) is 18.2 Å². The van der Waals surface area contributed by atoms with Crippen molar-refractivity contribution in [3.63, 3.8) is 0 Å². The predicted molar refractivity (Wildman–Crippen MR) is 65.7 cm³/mol. The molecule has 1 aromatic carbocycles. The molecular weight excluding hydrogens is 233 g/mol. The molecule has 4 nitrogen and oxygen atoms in total. The number of aryl methyl sites for hydroxylation is 1. The van der Waals surface area contributed by atoms with E-state index in [-0.39, 0.29) is 17.1 Å². The normalized spacial score (nSPS) is 11.0. The number of halogens is 1. The van der Waals surface area contributed by atoms with Gasteiger partial charge in [-0.15, -0.1) is 0 Å². The Kier molecular flexibility index (Phi) is 2.26. The van der Waals surface area contributed by atoms with Crippen LogP contribution in [0.3, 0.4) is 0 Å². The van der Waals surface area contributed by atoms with Crippen LogP contribution < -0.4 is 0 Å². The molecule has 18 heavy (non-hydrogen) atoms. The van der Waals surface area contributed by atoms with Gasteiger partial charge >= 0.3 is 0 Å². The van der Waals surface area contributed by atoms with Gasteiger partial charge in [-0.25, -0.2) is 14.4 Å². The topological polar surface area (TPSA) is 61.8 Å². The molecule has 0 saturated carbocycles. The summed E-state index contributed by atoms with van der Waals surface area (Å²) >= 11 is 0. The van der Waals surface area contributed by atoms with Crippen LogP contribution in [0, 0.1) is 12.7 Å². The van der Waals surface area contributed by atoms with Crippen LogP contribution in [-0.4, -0.2) is 20.1 Å². The number of imidazole rings is 1. The van der Waals surface area contributed by atoms with Gasteiger partial charge in [-0.3, -0.25) is 0 Å². The molecule has 3 aromatic rings. The number of fused-ring (bicyclic) bond motifs is 1. The lowest BCUT2D eigenvalue weighted by Gasteiger charge is -2.01. The van der Waals surface area contributed by atoms with Crippen LogP contribution in [0.25, 0.3) is 22.6 Å². The number of H-pyrrole nitrogens is 1. The molecule has 0 aliphatic heterocycles. The van der Waals surface area contributed by atoms with Crippen LogP contribution in [0.5, 0.6) is 5.75 Å². The third-order valence-electron chi connectivity index (χ3n) is 2.71. The third kappa shape index (κ3) is 1.60. The van der Waals surface area contributed by atoms with Gasteiger partial charge in [-0.2, -0.15) is 0 Å². The SMILES string of the molecule is Cc1ccc2[nH]c(-c3c(O)cccc3F)nc2n1. The van der Waals surface area contributed by atoms with E-state index in [4.69, 9.17) is 0 Å². The van der Waals surface area contributed by atoms with Crippen molar-refractivity contribution in [3.8, 4) is 17.1 Å². The van der Waals surface area contributed by atoms with E-state index in [9.17, 15) is 9.50 Å². The highest BCUT2D eigenvalue weighted by Gasteiger charge is 2.14. The lowest BCUT2D eigenvalue weighted by molar-refractivity contribution is 0.471. The van der Waals surface area contributed by atoms with Gasteiger partial charge in [0.2, 0.25) is 0 Å². The van der Waals surface area contributed by atoms with Crippen molar-refractivity contribution in [3.05, 3.63) is 41.8 Å². The quantitative estimate of drug-likeness (QED) is 0.690. The van der Waals surface area contributed by atoms with Crippen LogP contribution in [0.1, 0.15) is 5.69 Å². The molecule has 0 radical (unpaired) electrons. The zero-order valence-electron chi connectivity index (χ0n) is 9.61. The van der Waals surface area contributed by atoms with Gasteiger partial charge in [0.05, 0.1) is 11.1 Å². The molecule has 90 valence electrons. The summed E-state index contributed by atoms with van der Waals surface area (Å²) in [5.74, 6) is -0.393. The van der Waals surface area contributed by atoms with E-state index in [1.807, 2.05) is 19.1 Å². The van der Waals surface area contributed by atoms with Gasteiger partial charge in [0, 0.05) is 5.69 Å². The molecule has 0 bridgehead atoms. The maximum Gasteiger partial charge on any atom is 0.178 e. The van der Waals surface area contributed by atoms with Crippen molar-refractivity contribution in [2.45, 2.75) is 6.92 Å². The minimum atomic E-state index is -0.522. The number of phenolic OH excluding ortho intramolecular Hbond substituents is 1. The number of rotatable bonds is 1. The fourth-order valence-corrected chi connectivity index (χ4v) is 1.85. The molecule has 0 fully saturated rings. The molecule has 0 spiro atoms. The Balaban J connectivity index is 2.26. The fraction of sp³-hybridized carbons (Fsp3) is 0.0769. The monoisotopic (exact) mass is 243 g/mol. The summed E-state index contributed by atoms with van der Waals surface area (Å²) in [6, 6.07) is 7.81. The van der Waals surface area contributed by atoms with Crippen molar-refractivity contribution in [1.29, 1.82) is 0 Å². The molecule has 0 atom stereocenters. The molecule has 2 heterocycles. The smallest absolute Gasteiger partial charge is 0.178 e. The van der Waals surface area contributed by atoms with Crippen LogP contribution in [0.4, 0.5) is 4.39 Å². The van der Waals surface area contributed by atoms with Gasteiger partial charge in [-0.1, -0.05) is 6.07 Å². The molecule has 0 aliphatic rings. The molecule has 2 N–H and O–H groups in total. The standard InChI is InChI=1S/C13H10FN3O/c1-7-5-6-9-12(15-7)17-13(16-9)11-8(14)3-2-4-10(11)18/h2-6,18H,1H3,(H,15,16,17). The number of nitrogens with one attached hydrogen (secondary N) is 1. The Morgan fingerprint density at radius 3 is 2.78 bits per heavy atom. The number of benzene rings is 1.